The Balaban J connectivity index is 2.12. The number of ketones is 1. The van der Waals surface area contributed by atoms with Crippen molar-refractivity contribution in [3.63, 3.8) is 0 Å². The maximum Gasteiger partial charge on any atom is 0.376 e. The first kappa shape index (κ1) is 14.4. The van der Waals surface area contributed by atoms with Crippen molar-refractivity contribution in [1.82, 2.24) is 9.78 Å². The van der Waals surface area contributed by atoms with Crippen molar-refractivity contribution in [2.45, 2.75) is 6.54 Å². The molecule has 1 aromatic heterocycles. The van der Waals surface area contributed by atoms with Gasteiger partial charge in [-0.15, -0.1) is 0 Å². The van der Waals surface area contributed by atoms with Crippen LogP contribution in [0.3, 0.4) is 0 Å². The van der Waals surface area contributed by atoms with Crippen LogP contribution in [0.15, 0.2) is 42.7 Å². The number of hydrogen-bond acceptors (Lipinski definition) is 4. The number of benzene rings is 1. The van der Waals surface area contributed by atoms with Gasteiger partial charge < -0.3 is 10.2 Å². The van der Waals surface area contributed by atoms with E-state index in [1.54, 1.807) is 12.1 Å². The lowest BCUT2D eigenvalue weighted by molar-refractivity contribution is -0.146. The number of carbonyl (C=O) groups excluding carboxylic acids is 1. The zero-order valence-electron chi connectivity index (χ0n) is 10.7. The van der Waals surface area contributed by atoms with E-state index in [9.17, 15) is 19.1 Å². The normalized spacial score (nSPS) is 11.4. The first-order chi connectivity index (χ1) is 9.95. The fourth-order valence-corrected chi connectivity index (χ4v) is 1.63. The van der Waals surface area contributed by atoms with E-state index in [2.05, 4.69) is 5.10 Å². The van der Waals surface area contributed by atoms with E-state index in [0.717, 1.165) is 5.56 Å². The van der Waals surface area contributed by atoms with Gasteiger partial charge in [-0.1, -0.05) is 12.1 Å². The van der Waals surface area contributed by atoms with Crippen molar-refractivity contribution in [1.29, 1.82) is 0 Å². The Bertz CT molecular complexity index is 704. The molecule has 0 amide bonds. The molecule has 2 N–H and O–H groups in total. The highest BCUT2D eigenvalue weighted by Gasteiger charge is 2.11. The standard InChI is InChI=1S/C14H11FN2O4/c15-11-3-1-9(2-4-11)7-17-8-10(6-16-17)12(18)5-13(19)14(20)21/h1-6,8,18H,7H2,(H,20,21). The van der Waals surface area contributed by atoms with Gasteiger partial charge in [-0.2, -0.15) is 5.10 Å². The predicted octanol–water partition coefficient (Wildman–Crippen LogP) is 1.62. The van der Waals surface area contributed by atoms with Gasteiger partial charge in [0.05, 0.1) is 18.3 Å². The lowest BCUT2D eigenvalue weighted by Crippen LogP contribution is -2.09. The number of aromatic nitrogens is 2. The monoisotopic (exact) mass is 290 g/mol. The Morgan fingerprint density at radius 2 is 1.90 bits per heavy atom. The van der Waals surface area contributed by atoms with Crippen molar-refractivity contribution in [2.24, 2.45) is 0 Å². The number of aliphatic hydroxyl groups excluding tert-OH is 1. The van der Waals surface area contributed by atoms with Crippen LogP contribution in [0.4, 0.5) is 4.39 Å². The summed E-state index contributed by atoms with van der Waals surface area (Å²) >= 11 is 0. The van der Waals surface area contributed by atoms with E-state index in [1.165, 1.54) is 29.2 Å². The van der Waals surface area contributed by atoms with Gasteiger partial charge in [0, 0.05) is 12.3 Å². The molecule has 0 unspecified atom stereocenters. The maximum atomic E-state index is 12.8. The zero-order chi connectivity index (χ0) is 15.4. The van der Waals surface area contributed by atoms with Crippen LogP contribution in [0, 0.1) is 5.82 Å². The maximum absolute atomic E-state index is 12.8. The van der Waals surface area contributed by atoms with Crippen LogP contribution >= 0.6 is 0 Å². The summed E-state index contributed by atoms with van der Waals surface area (Å²) in [5.41, 5.74) is 1.02. The summed E-state index contributed by atoms with van der Waals surface area (Å²) in [4.78, 5) is 21.3. The Hall–Kier alpha value is -2.96. The van der Waals surface area contributed by atoms with Gasteiger partial charge in [0.15, 0.2) is 0 Å². The number of carbonyl (C=O) groups is 2. The van der Waals surface area contributed by atoms with Crippen molar-refractivity contribution < 1.29 is 24.2 Å². The number of nitrogens with zero attached hydrogens (tertiary/aromatic N) is 2. The van der Waals surface area contributed by atoms with Crippen LogP contribution < -0.4 is 0 Å². The van der Waals surface area contributed by atoms with E-state index in [-0.39, 0.29) is 11.4 Å². The summed E-state index contributed by atoms with van der Waals surface area (Å²) < 4.78 is 14.2. The summed E-state index contributed by atoms with van der Waals surface area (Å²) in [7, 11) is 0. The Morgan fingerprint density at radius 1 is 1.24 bits per heavy atom. The minimum absolute atomic E-state index is 0.215. The number of aliphatic hydroxyl groups is 1. The van der Waals surface area contributed by atoms with Gasteiger partial charge >= 0.3 is 5.97 Å². The average Bonchev–Trinajstić information content (AvgIpc) is 2.90. The second-order valence-corrected chi connectivity index (χ2v) is 4.25. The van der Waals surface area contributed by atoms with Crippen LogP contribution in [0.2, 0.25) is 0 Å². The van der Waals surface area contributed by atoms with Crippen LogP contribution in [-0.4, -0.2) is 31.7 Å². The minimum Gasteiger partial charge on any atom is -0.507 e. The van der Waals surface area contributed by atoms with Gasteiger partial charge in [0.2, 0.25) is 0 Å². The summed E-state index contributed by atoms with van der Waals surface area (Å²) in [5, 5.41) is 22.0. The lowest BCUT2D eigenvalue weighted by Gasteiger charge is -2.01. The first-order valence-electron chi connectivity index (χ1n) is 5.91. The molecule has 0 saturated carbocycles. The highest BCUT2D eigenvalue weighted by Crippen LogP contribution is 2.11. The van der Waals surface area contributed by atoms with Crippen molar-refractivity contribution in [2.75, 3.05) is 0 Å². The predicted molar refractivity (Wildman–Crippen MR) is 71.0 cm³/mol. The van der Waals surface area contributed by atoms with Crippen LogP contribution in [0.25, 0.3) is 5.76 Å². The van der Waals surface area contributed by atoms with Crippen molar-refractivity contribution in [3.8, 4) is 0 Å². The van der Waals surface area contributed by atoms with E-state index < -0.39 is 17.5 Å². The van der Waals surface area contributed by atoms with Gasteiger partial charge in [-0.05, 0) is 17.7 Å². The molecule has 0 saturated heterocycles. The van der Waals surface area contributed by atoms with Crippen LogP contribution in [-0.2, 0) is 16.1 Å². The molecule has 6 nitrogen and oxygen atoms in total. The molecule has 0 aliphatic carbocycles. The number of aliphatic carboxylic acids is 1. The number of carboxylic acids is 1. The molecule has 0 aliphatic heterocycles. The second kappa shape index (κ2) is 6.00. The third-order valence-electron chi connectivity index (χ3n) is 2.67. The average molecular weight is 290 g/mol. The minimum atomic E-state index is -1.65. The molecule has 1 aromatic carbocycles. The summed E-state index contributed by atoms with van der Waals surface area (Å²) in [6.45, 7) is 0.348. The lowest BCUT2D eigenvalue weighted by atomic mass is 10.2. The largest absolute Gasteiger partial charge is 0.507 e. The molecule has 0 atom stereocenters. The molecule has 0 spiro atoms. The summed E-state index contributed by atoms with van der Waals surface area (Å²) in [5.74, 6) is -3.69. The van der Waals surface area contributed by atoms with Gasteiger partial charge in [0.1, 0.15) is 11.6 Å². The molecule has 7 heteroatoms. The van der Waals surface area contributed by atoms with E-state index in [1.807, 2.05) is 0 Å². The number of halogens is 1. The second-order valence-electron chi connectivity index (χ2n) is 4.25. The summed E-state index contributed by atoms with van der Waals surface area (Å²) in [6, 6.07) is 5.84. The Labute approximate surface area is 118 Å². The highest BCUT2D eigenvalue weighted by molar-refractivity contribution is 6.38. The van der Waals surface area contributed by atoms with Crippen LogP contribution in [0.1, 0.15) is 11.1 Å². The smallest absolute Gasteiger partial charge is 0.376 e. The Kier molecular flexibility index (Phi) is 4.13. The van der Waals surface area contributed by atoms with Crippen LogP contribution in [0.5, 0.6) is 0 Å². The quantitative estimate of drug-likeness (QED) is 0.496. The van der Waals surface area contributed by atoms with Crippen molar-refractivity contribution in [3.05, 3.63) is 59.7 Å². The van der Waals surface area contributed by atoms with Crippen molar-refractivity contribution >= 4 is 17.5 Å². The molecule has 108 valence electrons. The van der Waals surface area contributed by atoms with E-state index in [4.69, 9.17) is 5.11 Å². The molecule has 21 heavy (non-hydrogen) atoms. The molecule has 2 rings (SSSR count). The number of carboxylic acid groups (broad SMARTS) is 1. The molecular formula is C14H11FN2O4. The molecule has 0 bridgehead atoms. The number of hydrogen-bond donors (Lipinski definition) is 2. The fraction of sp³-hybridized carbons (Fsp3) is 0.0714. The third-order valence-corrected chi connectivity index (χ3v) is 2.67. The number of rotatable bonds is 5. The summed E-state index contributed by atoms with van der Waals surface area (Å²) in [6.07, 6.45) is 3.36. The molecule has 1 heterocycles. The molecular weight excluding hydrogens is 279 g/mol. The first-order valence-corrected chi connectivity index (χ1v) is 5.91. The van der Waals surface area contributed by atoms with Gasteiger partial charge in [-0.3, -0.25) is 9.48 Å². The molecule has 0 fully saturated rings. The van der Waals surface area contributed by atoms with Gasteiger partial charge in [0.25, 0.3) is 5.78 Å². The Morgan fingerprint density at radius 3 is 2.52 bits per heavy atom. The SMILES string of the molecule is O=C(O)C(=O)C=C(O)c1cnn(Cc2ccc(F)cc2)c1. The van der Waals surface area contributed by atoms with E-state index in [0.29, 0.717) is 12.6 Å². The highest BCUT2D eigenvalue weighted by atomic mass is 19.1. The molecule has 0 aliphatic rings. The molecule has 0 radical (unpaired) electrons. The molecule has 2 aromatic rings. The van der Waals surface area contributed by atoms with E-state index >= 15 is 0 Å². The van der Waals surface area contributed by atoms with Gasteiger partial charge in [-0.25, -0.2) is 9.18 Å². The topological polar surface area (TPSA) is 92.4 Å². The third kappa shape index (κ3) is 3.75. The fourth-order valence-electron chi connectivity index (χ4n) is 1.63. The zero-order valence-corrected chi connectivity index (χ0v) is 10.7.